The molecule has 1 aromatic heterocycles. The maximum atomic E-state index is 13.0. The Kier molecular flexibility index (Phi) is 6.25. The molecule has 3 atom stereocenters. The van der Waals surface area contributed by atoms with Crippen LogP contribution in [0, 0.1) is 5.92 Å². The molecule has 0 bridgehead atoms. The molecule has 1 amide bonds. The molecule has 3 N–H and O–H groups in total. The van der Waals surface area contributed by atoms with Gasteiger partial charge in [-0.05, 0) is 48.7 Å². The number of hydrogen-bond acceptors (Lipinski definition) is 4. The van der Waals surface area contributed by atoms with Crippen molar-refractivity contribution in [3.05, 3.63) is 58.9 Å². The van der Waals surface area contributed by atoms with Crippen LogP contribution in [0.1, 0.15) is 49.1 Å². The van der Waals surface area contributed by atoms with Crippen LogP contribution in [0.15, 0.2) is 42.5 Å². The summed E-state index contributed by atoms with van der Waals surface area (Å²) in [6.45, 7) is 0.158. The minimum atomic E-state index is -0.792. The van der Waals surface area contributed by atoms with Gasteiger partial charge in [0.1, 0.15) is 11.6 Å². The van der Waals surface area contributed by atoms with E-state index in [2.05, 4.69) is 10.3 Å². The highest BCUT2D eigenvalue weighted by atomic mass is 35.5. The van der Waals surface area contributed by atoms with E-state index < -0.39 is 6.10 Å². The maximum absolute atomic E-state index is 13.0. The molecule has 0 saturated heterocycles. The molecule has 1 fully saturated rings. The molecular weight excluding hydrogens is 402 g/mol. The van der Waals surface area contributed by atoms with Gasteiger partial charge in [0.2, 0.25) is 5.91 Å². The van der Waals surface area contributed by atoms with E-state index in [4.69, 9.17) is 21.3 Å². The monoisotopic (exact) mass is 427 g/mol. The molecule has 1 aliphatic rings. The Bertz CT molecular complexity index is 1040. The van der Waals surface area contributed by atoms with Gasteiger partial charge in [-0.3, -0.25) is 4.79 Å². The summed E-state index contributed by atoms with van der Waals surface area (Å²) in [5.41, 5.74) is 2.45. The zero-order valence-electron chi connectivity index (χ0n) is 16.9. The van der Waals surface area contributed by atoms with Crippen LogP contribution >= 0.6 is 11.6 Å². The molecule has 30 heavy (non-hydrogen) atoms. The Balaban J connectivity index is 1.45. The topological polar surface area (TPSA) is 87.2 Å². The summed E-state index contributed by atoms with van der Waals surface area (Å²) in [5.74, 6) is 1.32. The molecule has 3 aromatic rings. The van der Waals surface area contributed by atoms with E-state index in [1.54, 1.807) is 13.2 Å². The molecule has 0 aliphatic heterocycles. The number of aromatic amines is 1. The summed E-state index contributed by atoms with van der Waals surface area (Å²) in [4.78, 5) is 21.1. The van der Waals surface area contributed by atoms with E-state index in [0.29, 0.717) is 16.3 Å². The summed E-state index contributed by atoms with van der Waals surface area (Å²) >= 11 is 6.09. The average Bonchev–Trinajstić information content (AvgIpc) is 3.20. The van der Waals surface area contributed by atoms with Crippen LogP contribution in [0.3, 0.4) is 0 Å². The van der Waals surface area contributed by atoms with Crippen molar-refractivity contribution in [3.63, 3.8) is 0 Å². The number of benzene rings is 2. The number of aliphatic hydroxyl groups excluding tert-OH is 1. The van der Waals surface area contributed by atoms with Crippen LogP contribution in [0.5, 0.6) is 5.75 Å². The number of rotatable bonds is 6. The van der Waals surface area contributed by atoms with Crippen molar-refractivity contribution in [1.29, 1.82) is 0 Å². The highest BCUT2D eigenvalue weighted by Crippen LogP contribution is 2.37. The first-order chi connectivity index (χ1) is 14.5. The van der Waals surface area contributed by atoms with Crippen LogP contribution in [0.2, 0.25) is 5.02 Å². The largest absolute Gasteiger partial charge is 0.497 e. The number of carbonyl (C=O) groups is 1. The number of halogens is 1. The molecule has 3 unspecified atom stereocenters. The molecule has 7 heteroatoms. The number of fused-ring (bicyclic) bond motifs is 1. The normalized spacial score (nSPS) is 20.1. The molecule has 0 radical (unpaired) electrons. The fourth-order valence-corrected chi connectivity index (χ4v) is 4.42. The number of aromatic nitrogens is 2. The minimum Gasteiger partial charge on any atom is -0.497 e. The van der Waals surface area contributed by atoms with Crippen molar-refractivity contribution in [2.75, 3.05) is 13.7 Å². The number of carbonyl (C=O) groups excluding carboxylic acids is 1. The molecule has 6 nitrogen and oxygen atoms in total. The SMILES string of the molecule is COc1cccc(C(O)CNC(=O)C2CCCCC2c2nc3ccc(Cl)cc3[nH]2)c1. The van der Waals surface area contributed by atoms with E-state index in [1.165, 1.54) is 0 Å². The molecular formula is C23H26ClN3O3. The zero-order chi connectivity index (χ0) is 21.1. The number of ether oxygens (including phenoxy) is 1. The average molecular weight is 428 g/mol. The number of imidazole rings is 1. The van der Waals surface area contributed by atoms with E-state index in [1.807, 2.05) is 36.4 Å². The third-order valence-corrected chi connectivity index (χ3v) is 6.10. The van der Waals surface area contributed by atoms with Crippen LogP contribution in [-0.2, 0) is 4.79 Å². The van der Waals surface area contributed by atoms with Gasteiger partial charge in [0.25, 0.3) is 0 Å². The van der Waals surface area contributed by atoms with Crippen LogP contribution < -0.4 is 10.1 Å². The Hall–Kier alpha value is -2.57. The Morgan fingerprint density at radius 3 is 2.97 bits per heavy atom. The Morgan fingerprint density at radius 2 is 2.13 bits per heavy atom. The van der Waals surface area contributed by atoms with Gasteiger partial charge in [0.15, 0.2) is 0 Å². The fourth-order valence-electron chi connectivity index (χ4n) is 4.24. The first-order valence-electron chi connectivity index (χ1n) is 10.3. The summed E-state index contributed by atoms with van der Waals surface area (Å²) < 4.78 is 5.20. The molecule has 4 rings (SSSR count). The second-order valence-electron chi connectivity index (χ2n) is 7.82. The fraction of sp³-hybridized carbons (Fsp3) is 0.391. The van der Waals surface area contributed by atoms with E-state index in [-0.39, 0.29) is 24.3 Å². The minimum absolute atomic E-state index is 0.0267. The van der Waals surface area contributed by atoms with Crippen molar-refractivity contribution in [2.45, 2.75) is 37.7 Å². The lowest BCUT2D eigenvalue weighted by atomic mass is 9.78. The lowest BCUT2D eigenvalue weighted by molar-refractivity contribution is -0.127. The smallest absolute Gasteiger partial charge is 0.223 e. The first kappa shape index (κ1) is 20.7. The lowest BCUT2D eigenvalue weighted by Crippen LogP contribution is -2.38. The number of aliphatic hydroxyl groups is 1. The van der Waals surface area contributed by atoms with Crippen molar-refractivity contribution in [1.82, 2.24) is 15.3 Å². The summed E-state index contributed by atoms with van der Waals surface area (Å²) in [5, 5.41) is 14.1. The Morgan fingerprint density at radius 1 is 1.30 bits per heavy atom. The summed E-state index contributed by atoms with van der Waals surface area (Å²) in [6, 6.07) is 12.8. The third-order valence-electron chi connectivity index (χ3n) is 5.86. The van der Waals surface area contributed by atoms with Gasteiger partial charge in [-0.15, -0.1) is 0 Å². The van der Waals surface area contributed by atoms with Crippen LogP contribution in [-0.4, -0.2) is 34.6 Å². The van der Waals surface area contributed by atoms with Crippen molar-refractivity contribution in [3.8, 4) is 5.75 Å². The number of methoxy groups -OCH3 is 1. The van der Waals surface area contributed by atoms with Gasteiger partial charge < -0.3 is 20.1 Å². The van der Waals surface area contributed by atoms with E-state index in [9.17, 15) is 9.90 Å². The van der Waals surface area contributed by atoms with Crippen LogP contribution in [0.4, 0.5) is 0 Å². The van der Waals surface area contributed by atoms with Crippen molar-refractivity contribution >= 4 is 28.5 Å². The van der Waals surface area contributed by atoms with E-state index >= 15 is 0 Å². The second kappa shape index (κ2) is 9.06. The van der Waals surface area contributed by atoms with Gasteiger partial charge in [-0.2, -0.15) is 0 Å². The number of hydrogen-bond donors (Lipinski definition) is 3. The lowest BCUT2D eigenvalue weighted by Gasteiger charge is -2.29. The molecule has 1 heterocycles. The van der Waals surface area contributed by atoms with Crippen molar-refractivity contribution in [2.24, 2.45) is 5.92 Å². The molecule has 1 saturated carbocycles. The van der Waals surface area contributed by atoms with Gasteiger partial charge in [-0.25, -0.2) is 4.98 Å². The summed E-state index contributed by atoms with van der Waals surface area (Å²) in [7, 11) is 1.59. The van der Waals surface area contributed by atoms with Crippen LogP contribution in [0.25, 0.3) is 11.0 Å². The quantitative estimate of drug-likeness (QED) is 0.545. The highest BCUT2D eigenvalue weighted by molar-refractivity contribution is 6.31. The van der Waals surface area contributed by atoms with Gasteiger partial charge in [-0.1, -0.05) is 36.6 Å². The highest BCUT2D eigenvalue weighted by Gasteiger charge is 2.34. The maximum Gasteiger partial charge on any atom is 0.223 e. The predicted molar refractivity (Wildman–Crippen MR) is 117 cm³/mol. The second-order valence-corrected chi connectivity index (χ2v) is 8.25. The van der Waals surface area contributed by atoms with Gasteiger partial charge >= 0.3 is 0 Å². The zero-order valence-corrected chi connectivity index (χ0v) is 17.7. The third kappa shape index (κ3) is 4.45. The standard InChI is InChI=1S/C23H26ClN3O3/c1-30-16-6-4-5-14(11-16)21(28)13-25-23(29)18-8-3-2-7-17(18)22-26-19-10-9-15(24)12-20(19)27-22/h4-6,9-12,17-18,21,28H,2-3,7-8,13H2,1H3,(H,25,29)(H,26,27). The van der Waals surface area contributed by atoms with E-state index in [0.717, 1.165) is 42.5 Å². The molecule has 2 aromatic carbocycles. The first-order valence-corrected chi connectivity index (χ1v) is 10.7. The number of nitrogens with one attached hydrogen (secondary N) is 2. The Labute approximate surface area is 180 Å². The molecule has 0 spiro atoms. The summed E-state index contributed by atoms with van der Waals surface area (Å²) in [6.07, 6.45) is 3.00. The molecule has 158 valence electrons. The van der Waals surface area contributed by atoms with Gasteiger partial charge in [0, 0.05) is 23.4 Å². The number of amides is 1. The predicted octanol–water partition coefficient (Wildman–Crippen LogP) is 4.35. The number of nitrogens with zero attached hydrogens (tertiary/aromatic N) is 1. The molecule has 1 aliphatic carbocycles. The van der Waals surface area contributed by atoms with Gasteiger partial charge in [0.05, 0.1) is 24.2 Å². The van der Waals surface area contributed by atoms with Crippen molar-refractivity contribution < 1.29 is 14.6 Å². The number of H-pyrrole nitrogens is 1.